The van der Waals surface area contributed by atoms with E-state index >= 15 is 0 Å². The van der Waals surface area contributed by atoms with Gasteiger partial charge in [-0.15, -0.1) is 11.3 Å². The Hall–Kier alpha value is -3.20. The van der Waals surface area contributed by atoms with Crippen molar-refractivity contribution in [1.82, 2.24) is 4.90 Å². The summed E-state index contributed by atoms with van der Waals surface area (Å²) >= 11 is 7.31. The highest BCUT2D eigenvalue weighted by Crippen LogP contribution is 2.35. The van der Waals surface area contributed by atoms with Crippen LogP contribution in [-0.4, -0.2) is 49.4 Å². The molecule has 0 saturated heterocycles. The van der Waals surface area contributed by atoms with Gasteiger partial charge in [0.05, 0.1) is 36.1 Å². The third-order valence-electron chi connectivity index (χ3n) is 4.50. The minimum Gasteiger partial charge on any atom is -0.462 e. The highest BCUT2D eigenvalue weighted by atomic mass is 35.5. The van der Waals surface area contributed by atoms with E-state index in [0.29, 0.717) is 21.3 Å². The number of halogens is 1. The lowest BCUT2D eigenvalue weighted by Gasteiger charge is -2.16. The van der Waals surface area contributed by atoms with Crippen LogP contribution in [-0.2, 0) is 14.3 Å². The number of esters is 1. The molecule has 33 heavy (non-hydrogen) atoms. The van der Waals surface area contributed by atoms with Gasteiger partial charge in [0.25, 0.3) is 0 Å². The number of nitrogens with one attached hydrogen (secondary N) is 2. The fraction of sp³-hybridized carbons (Fsp3) is 0.208. The maximum absolute atomic E-state index is 12.6. The van der Waals surface area contributed by atoms with Crippen LogP contribution in [0.15, 0.2) is 60.7 Å². The van der Waals surface area contributed by atoms with Gasteiger partial charge in [0.2, 0.25) is 11.8 Å². The molecule has 7 nitrogen and oxygen atoms in total. The van der Waals surface area contributed by atoms with E-state index in [1.54, 1.807) is 49.2 Å². The normalized spacial score (nSPS) is 10.7. The molecule has 0 saturated carbocycles. The molecule has 2 amide bonds. The average molecular weight is 486 g/mol. The van der Waals surface area contributed by atoms with Crippen molar-refractivity contribution >= 4 is 52.1 Å². The second kappa shape index (κ2) is 11.6. The minimum absolute atomic E-state index is 0.0116. The van der Waals surface area contributed by atoms with E-state index in [2.05, 4.69) is 10.6 Å². The van der Waals surface area contributed by atoms with Crippen molar-refractivity contribution < 1.29 is 19.1 Å². The number of carbonyl (C=O) groups excluding carboxylic acids is 3. The topological polar surface area (TPSA) is 87.7 Å². The maximum atomic E-state index is 12.6. The van der Waals surface area contributed by atoms with Crippen molar-refractivity contribution in [3.8, 4) is 10.4 Å². The smallest absolute Gasteiger partial charge is 0.350 e. The summed E-state index contributed by atoms with van der Waals surface area (Å²) in [5.41, 5.74) is 1.82. The summed E-state index contributed by atoms with van der Waals surface area (Å²) in [7, 11) is 1.65. The fourth-order valence-corrected chi connectivity index (χ4v) is 4.26. The highest BCUT2D eigenvalue weighted by molar-refractivity contribution is 7.18. The molecule has 0 fully saturated rings. The molecular weight excluding hydrogens is 462 g/mol. The van der Waals surface area contributed by atoms with Gasteiger partial charge in [0.15, 0.2) is 0 Å². The van der Waals surface area contributed by atoms with E-state index in [4.69, 9.17) is 16.3 Å². The molecule has 0 aliphatic heterocycles. The first-order valence-electron chi connectivity index (χ1n) is 10.3. The number of nitrogens with zero attached hydrogens (tertiary/aromatic N) is 1. The van der Waals surface area contributed by atoms with E-state index in [9.17, 15) is 14.4 Å². The van der Waals surface area contributed by atoms with Crippen molar-refractivity contribution in [2.24, 2.45) is 0 Å². The second-order valence-electron chi connectivity index (χ2n) is 7.19. The van der Waals surface area contributed by atoms with Gasteiger partial charge in [-0.25, -0.2) is 4.79 Å². The predicted octanol–water partition coefficient (Wildman–Crippen LogP) is 4.75. The molecule has 0 atom stereocenters. The molecule has 0 spiro atoms. The number of rotatable bonds is 9. The zero-order valence-electron chi connectivity index (χ0n) is 18.3. The van der Waals surface area contributed by atoms with Crippen molar-refractivity contribution in [2.75, 3.05) is 37.4 Å². The lowest BCUT2D eigenvalue weighted by Crippen LogP contribution is -2.36. The van der Waals surface area contributed by atoms with E-state index < -0.39 is 5.97 Å². The van der Waals surface area contributed by atoms with Gasteiger partial charge in [-0.05, 0) is 37.7 Å². The summed E-state index contributed by atoms with van der Waals surface area (Å²) in [6.07, 6.45) is 0. The molecule has 2 N–H and O–H groups in total. The summed E-state index contributed by atoms with van der Waals surface area (Å²) in [4.78, 5) is 40.1. The molecule has 172 valence electrons. The monoisotopic (exact) mass is 485 g/mol. The van der Waals surface area contributed by atoms with Crippen LogP contribution in [0, 0.1) is 0 Å². The Kier molecular flexibility index (Phi) is 8.59. The molecule has 0 radical (unpaired) electrons. The van der Waals surface area contributed by atoms with Crippen LogP contribution < -0.4 is 10.6 Å². The number of para-hydroxylation sites is 1. The van der Waals surface area contributed by atoms with E-state index in [0.717, 1.165) is 10.4 Å². The maximum Gasteiger partial charge on any atom is 0.350 e. The van der Waals surface area contributed by atoms with Gasteiger partial charge in [-0.1, -0.05) is 54.1 Å². The summed E-state index contributed by atoms with van der Waals surface area (Å²) in [6.45, 7) is 1.90. The highest BCUT2D eigenvalue weighted by Gasteiger charge is 2.21. The van der Waals surface area contributed by atoms with Crippen molar-refractivity contribution in [1.29, 1.82) is 0 Å². The molecule has 0 aliphatic rings. The van der Waals surface area contributed by atoms with Gasteiger partial charge >= 0.3 is 5.97 Å². The average Bonchev–Trinajstić information content (AvgIpc) is 3.19. The van der Waals surface area contributed by atoms with Gasteiger partial charge in [-0.3, -0.25) is 14.5 Å². The Balaban J connectivity index is 1.65. The largest absolute Gasteiger partial charge is 0.462 e. The minimum atomic E-state index is -0.493. The zero-order valence-corrected chi connectivity index (χ0v) is 19.8. The number of likely N-dealkylation sites (N-methyl/N-ethyl adjacent to an activating group) is 1. The van der Waals surface area contributed by atoms with Crippen LogP contribution in [0.5, 0.6) is 0 Å². The van der Waals surface area contributed by atoms with Crippen LogP contribution in [0.4, 0.5) is 11.4 Å². The number of hydrogen-bond acceptors (Lipinski definition) is 6. The van der Waals surface area contributed by atoms with Crippen molar-refractivity contribution in [3.05, 3.63) is 70.6 Å². The fourth-order valence-electron chi connectivity index (χ4n) is 3.07. The van der Waals surface area contributed by atoms with E-state index in [1.165, 1.54) is 11.3 Å². The molecule has 3 aromatic rings. The number of ether oxygens (including phenoxy) is 1. The Morgan fingerprint density at radius 2 is 1.55 bits per heavy atom. The summed E-state index contributed by atoms with van der Waals surface area (Å²) in [5, 5.41) is 5.93. The number of amides is 2. The van der Waals surface area contributed by atoms with Crippen LogP contribution in [0.1, 0.15) is 16.6 Å². The molecule has 0 aliphatic carbocycles. The Bertz CT molecular complexity index is 1130. The van der Waals surface area contributed by atoms with Crippen LogP contribution in [0.2, 0.25) is 5.02 Å². The summed E-state index contributed by atoms with van der Waals surface area (Å²) in [6, 6.07) is 18.2. The molecule has 2 aromatic carbocycles. The summed E-state index contributed by atoms with van der Waals surface area (Å²) < 4.78 is 5.15. The van der Waals surface area contributed by atoms with Gasteiger partial charge in [-0.2, -0.15) is 0 Å². The summed E-state index contributed by atoms with van der Waals surface area (Å²) in [5.74, 6) is -1.15. The first-order valence-corrected chi connectivity index (χ1v) is 11.5. The number of hydrogen-bond donors (Lipinski definition) is 2. The molecule has 1 heterocycles. The van der Waals surface area contributed by atoms with E-state index in [1.807, 2.05) is 30.3 Å². The third-order valence-corrected chi connectivity index (χ3v) is 5.99. The lowest BCUT2D eigenvalue weighted by atomic mass is 10.2. The number of anilines is 2. The lowest BCUT2D eigenvalue weighted by molar-refractivity contribution is -0.119. The molecule has 1 aromatic heterocycles. The first kappa shape index (κ1) is 24.4. The zero-order chi connectivity index (χ0) is 23.8. The van der Waals surface area contributed by atoms with Crippen LogP contribution in [0.3, 0.4) is 0 Å². The number of benzene rings is 2. The van der Waals surface area contributed by atoms with Crippen molar-refractivity contribution in [3.63, 3.8) is 0 Å². The van der Waals surface area contributed by atoms with E-state index in [-0.39, 0.29) is 31.5 Å². The third kappa shape index (κ3) is 6.89. The van der Waals surface area contributed by atoms with Crippen LogP contribution >= 0.6 is 22.9 Å². The molecule has 0 unspecified atom stereocenters. The quantitative estimate of drug-likeness (QED) is 0.427. The molecule has 0 bridgehead atoms. The number of thiophene rings is 1. The second-order valence-corrected chi connectivity index (χ2v) is 8.65. The van der Waals surface area contributed by atoms with Gasteiger partial charge in [0, 0.05) is 4.88 Å². The molecule has 3 rings (SSSR count). The standard InChI is InChI=1S/C24H24ClN3O4S/c1-3-32-24(31)23-19(13-20(33-23)16-9-5-4-6-10-16)27-22(30)15-28(2)14-21(29)26-18-12-8-7-11-17(18)25/h4-13H,3,14-15H2,1-2H3,(H,26,29)(H,27,30). The van der Waals surface area contributed by atoms with Crippen molar-refractivity contribution in [2.45, 2.75) is 6.92 Å². The Morgan fingerprint density at radius 1 is 0.939 bits per heavy atom. The Labute approximate surface area is 201 Å². The van der Waals surface area contributed by atoms with Crippen LogP contribution in [0.25, 0.3) is 10.4 Å². The Morgan fingerprint density at radius 3 is 2.18 bits per heavy atom. The molecule has 9 heteroatoms. The van der Waals surface area contributed by atoms with Gasteiger partial charge < -0.3 is 15.4 Å². The first-order chi connectivity index (χ1) is 15.9. The molecular formula is C24H24ClN3O4S. The number of carbonyl (C=O) groups is 3. The SMILES string of the molecule is CCOC(=O)c1sc(-c2ccccc2)cc1NC(=O)CN(C)CC(=O)Nc1ccccc1Cl. The van der Waals surface area contributed by atoms with Gasteiger partial charge in [0.1, 0.15) is 4.88 Å². The predicted molar refractivity (Wildman–Crippen MR) is 132 cm³/mol.